The number of rotatable bonds is 6. The predicted octanol–water partition coefficient (Wildman–Crippen LogP) is 1.90. The molecule has 2 aromatic rings. The Morgan fingerprint density at radius 3 is 2.65 bits per heavy atom. The fourth-order valence-corrected chi connectivity index (χ4v) is 2.31. The van der Waals surface area contributed by atoms with E-state index < -0.39 is 24.4 Å². The van der Waals surface area contributed by atoms with E-state index in [1.807, 2.05) is 0 Å². The zero-order valence-corrected chi connectivity index (χ0v) is 14.9. The van der Waals surface area contributed by atoms with Crippen LogP contribution < -0.4 is 10.1 Å². The number of aromatic nitrogens is 1. The minimum atomic E-state index is -0.852. The molecule has 138 valence electrons. The lowest BCUT2D eigenvalue weighted by Gasteiger charge is -2.10. The van der Waals surface area contributed by atoms with E-state index in [2.05, 4.69) is 5.32 Å². The van der Waals surface area contributed by atoms with Crippen molar-refractivity contribution in [3.63, 3.8) is 0 Å². The molecule has 0 unspecified atom stereocenters. The third-order valence-corrected chi connectivity index (χ3v) is 3.62. The number of nitrogens with one attached hydrogen (secondary N) is 1. The summed E-state index contributed by atoms with van der Waals surface area (Å²) in [7, 11) is 1.66. The number of benzene rings is 1. The number of phenolic OH excluding ortho intramolecular Hbond substituents is 1. The summed E-state index contributed by atoms with van der Waals surface area (Å²) in [6, 6.07) is 5.64. The summed E-state index contributed by atoms with van der Waals surface area (Å²) < 4.78 is 11.6. The topological polar surface area (TPSA) is 107 Å². The third-order valence-electron chi connectivity index (χ3n) is 3.33. The predicted molar refractivity (Wildman–Crippen MR) is 92.5 cm³/mol. The van der Waals surface area contributed by atoms with Crippen LogP contribution in [0.3, 0.4) is 0 Å². The van der Waals surface area contributed by atoms with Gasteiger partial charge in [-0.05, 0) is 31.2 Å². The second-order valence-corrected chi connectivity index (χ2v) is 5.60. The third kappa shape index (κ3) is 4.54. The molecule has 1 aromatic heterocycles. The summed E-state index contributed by atoms with van der Waals surface area (Å²) in [6.45, 7) is 1.30. The minimum absolute atomic E-state index is 0.00203. The number of nitrogens with zero attached hydrogens (tertiary/aromatic N) is 1. The second kappa shape index (κ2) is 8.39. The van der Waals surface area contributed by atoms with Gasteiger partial charge in [-0.3, -0.25) is 14.9 Å². The van der Waals surface area contributed by atoms with Crippen LogP contribution >= 0.6 is 11.6 Å². The molecule has 0 fully saturated rings. The van der Waals surface area contributed by atoms with E-state index in [9.17, 15) is 19.5 Å². The summed E-state index contributed by atoms with van der Waals surface area (Å²) in [4.78, 5) is 35.7. The zero-order valence-electron chi connectivity index (χ0n) is 14.1. The number of hydrogen-bond acceptors (Lipinski definition) is 6. The van der Waals surface area contributed by atoms with Crippen molar-refractivity contribution in [2.45, 2.75) is 6.92 Å². The van der Waals surface area contributed by atoms with Gasteiger partial charge in [0.05, 0.1) is 17.2 Å². The van der Waals surface area contributed by atoms with Crippen molar-refractivity contribution in [1.82, 2.24) is 9.88 Å². The van der Waals surface area contributed by atoms with Gasteiger partial charge in [0.25, 0.3) is 11.8 Å². The first kappa shape index (κ1) is 19.3. The highest BCUT2D eigenvalue weighted by Gasteiger charge is 2.18. The molecular formula is C17H17ClN2O6. The maximum absolute atomic E-state index is 12.1. The summed E-state index contributed by atoms with van der Waals surface area (Å²) in [5.41, 5.74) is 0.286. The van der Waals surface area contributed by atoms with E-state index in [1.54, 1.807) is 36.9 Å². The normalized spacial score (nSPS) is 10.3. The van der Waals surface area contributed by atoms with E-state index in [0.717, 1.165) is 0 Å². The molecule has 0 aliphatic carbocycles. The molecule has 1 aromatic carbocycles. The van der Waals surface area contributed by atoms with Crippen LogP contribution in [0.2, 0.25) is 5.02 Å². The number of amides is 2. The molecule has 0 aliphatic heterocycles. The van der Waals surface area contributed by atoms with Crippen molar-refractivity contribution in [2.24, 2.45) is 7.05 Å². The van der Waals surface area contributed by atoms with Crippen LogP contribution in [0.1, 0.15) is 27.8 Å². The summed E-state index contributed by atoms with van der Waals surface area (Å²) in [5, 5.41) is 11.8. The summed E-state index contributed by atoms with van der Waals surface area (Å²) in [6.07, 6.45) is 1.66. The van der Waals surface area contributed by atoms with Gasteiger partial charge in [0.1, 0.15) is 5.69 Å². The maximum Gasteiger partial charge on any atom is 0.338 e. The number of hydrogen-bond donors (Lipinski definition) is 2. The van der Waals surface area contributed by atoms with Crippen molar-refractivity contribution < 1.29 is 29.0 Å². The van der Waals surface area contributed by atoms with Crippen LogP contribution in [0.4, 0.5) is 0 Å². The van der Waals surface area contributed by atoms with Crippen molar-refractivity contribution >= 4 is 29.4 Å². The first-order valence-corrected chi connectivity index (χ1v) is 7.99. The second-order valence-electron chi connectivity index (χ2n) is 5.20. The highest BCUT2D eigenvalue weighted by molar-refractivity contribution is 6.32. The molecule has 9 heteroatoms. The van der Waals surface area contributed by atoms with Gasteiger partial charge in [0, 0.05) is 13.2 Å². The Balaban J connectivity index is 1.97. The average molecular weight is 381 g/mol. The SMILES string of the molecule is CCOc1cc(C(=O)OCC(=O)NC(=O)c2cccn2C)cc(Cl)c1O. The molecular weight excluding hydrogens is 364 g/mol. The number of halogens is 1. The Bertz CT molecular complexity index is 846. The van der Waals surface area contributed by atoms with Gasteiger partial charge < -0.3 is 19.1 Å². The molecule has 1 heterocycles. The largest absolute Gasteiger partial charge is 0.503 e. The molecule has 0 spiro atoms. The van der Waals surface area contributed by atoms with Crippen LogP contribution in [0, 0.1) is 0 Å². The zero-order chi connectivity index (χ0) is 19.3. The lowest BCUT2D eigenvalue weighted by atomic mass is 10.2. The molecule has 0 atom stereocenters. The van der Waals surface area contributed by atoms with Crippen molar-refractivity contribution in [3.05, 3.63) is 46.7 Å². The van der Waals surface area contributed by atoms with Crippen LogP contribution in [-0.2, 0) is 16.6 Å². The molecule has 2 rings (SSSR count). The Morgan fingerprint density at radius 2 is 2.04 bits per heavy atom. The van der Waals surface area contributed by atoms with E-state index in [0.29, 0.717) is 0 Å². The number of aromatic hydroxyl groups is 1. The highest BCUT2D eigenvalue weighted by Crippen LogP contribution is 2.35. The minimum Gasteiger partial charge on any atom is -0.503 e. The number of carbonyl (C=O) groups is 3. The fraction of sp³-hybridized carbons (Fsp3) is 0.235. The standard InChI is InChI=1S/C17H17ClN2O6/c1-3-25-13-8-10(7-11(18)15(13)22)17(24)26-9-14(21)19-16(23)12-5-4-6-20(12)2/h4-8,22H,3,9H2,1-2H3,(H,19,21,23). The average Bonchev–Trinajstić information content (AvgIpc) is 3.03. The van der Waals surface area contributed by atoms with Crippen molar-refractivity contribution in [1.29, 1.82) is 0 Å². The molecule has 0 radical (unpaired) electrons. The monoisotopic (exact) mass is 380 g/mol. The summed E-state index contributed by atoms with van der Waals surface area (Å²) >= 11 is 5.84. The Morgan fingerprint density at radius 1 is 1.31 bits per heavy atom. The molecule has 0 bridgehead atoms. The lowest BCUT2D eigenvalue weighted by molar-refractivity contribution is -0.123. The van der Waals surface area contributed by atoms with Crippen LogP contribution in [0.5, 0.6) is 11.5 Å². The Hall–Kier alpha value is -3.00. The first-order valence-electron chi connectivity index (χ1n) is 7.61. The van der Waals surface area contributed by atoms with Gasteiger partial charge >= 0.3 is 5.97 Å². The maximum atomic E-state index is 12.1. The number of esters is 1. The Labute approximate surface area is 154 Å². The molecule has 2 amide bonds. The van der Waals surface area contributed by atoms with E-state index in [1.165, 1.54) is 12.1 Å². The van der Waals surface area contributed by atoms with E-state index in [-0.39, 0.29) is 34.4 Å². The molecule has 0 saturated heterocycles. The lowest BCUT2D eigenvalue weighted by Crippen LogP contribution is -2.35. The number of phenols is 1. The number of carbonyl (C=O) groups excluding carboxylic acids is 3. The van der Waals surface area contributed by atoms with Gasteiger partial charge in [-0.25, -0.2) is 4.79 Å². The van der Waals surface area contributed by atoms with E-state index in [4.69, 9.17) is 21.1 Å². The van der Waals surface area contributed by atoms with Crippen molar-refractivity contribution in [2.75, 3.05) is 13.2 Å². The highest BCUT2D eigenvalue weighted by atomic mass is 35.5. The molecule has 0 aliphatic rings. The smallest absolute Gasteiger partial charge is 0.338 e. The van der Waals surface area contributed by atoms with Gasteiger partial charge in [0.15, 0.2) is 18.1 Å². The molecule has 2 N–H and O–H groups in total. The van der Waals surface area contributed by atoms with Gasteiger partial charge in [0.2, 0.25) is 0 Å². The summed E-state index contributed by atoms with van der Waals surface area (Å²) in [5.74, 6) is -2.51. The molecule has 8 nitrogen and oxygen atoms in total. The van der Waals surface area contributed by atoms with E-state index >= 15 is 0 Å². The van der Waals surface area contributed by atoms with Crippen LogP contribution in [0.15, 0.2) is 30.5 Å². The van der Waals surface area contributed by atoms with Gasteiger partial charge in [-0.1, -0.05) is 11.6 Å². The first-order chi connectivity index (χ1) is 12.3. The van der Waals surface area contributed by atoms with Crippen molar-refractivity contribution in [3.8, 4) is 11.5 Å². The van der Waals surface area contributed by atoms with Gasteiger partial charge in [-0.2, -0.15) is 0 Å². The number of ether oxygens (including phenoxy) is 2. The van der Waals surface area contributed by atoms with Gasteiger partial charge in [-0.15, -0.1) is 0 Å². The fourth-order valence-electron chi connectivity index (χ4n) is 2.10. The van der Waals surface area contributed by atoms with Crippen LogP contribution in [0.25, 0.3) is 0 Å². The quantitative estimate of drug-likeness (QED) is 0.741. The number of aryl methyl sites for hydroxylation is 1. The molecule has 26 heavy (non-hydrogen) atoms. The van der Waals surface area contributed by atoms with Crippen LogP contribution in [-0.4, -0.2) is 40.7 Å². The number of imide groups is 1. The molecule has 0 saturated carbocycles. The Kier molecular flexibility index (Phi) is 6.24.